The van der Waals surface area contributed by atoms with Gasteiger partial charge in [0.25, 0.3) is 0 Å². The van der Waals surface area contributed by atoms with Crippen molar-refractivity contribution in [3.8, 4) is 5.06 Å². The van der Waals surface area contributed by atoms with Crippen molar-refractivity contribution >= 4 is 22.9 Å². The Morgan fingerprint density at radius 3 is 2.87 bits per heavy atom. The molecular formula is C11H15ClO2S. The zero-order valence-corrected chi connectivity index (χ0v) is 10.5. The first-order chi connectivity index (χ1) is 7.20. The average molecular weight is 247 g/mol. The summed E-state index contributed by atoms with van der Waals surface area (Å²) in [5, 5.41) is 0.866. The molecule has 1 aromatic heterocycles. The van der Waals surface area contributed by atoms with Crippen LogP contribution in [-0.2, 0) is 4.74 Å². The van der Waals surface area contributed by atoms with Gasteiger partial charge in [0.2, 0.25) is 0 Å². The third kappa shape index (κ3) is 2.47. The lowest BCUT2D eigenvalue weighted by Crippen LogP contribution is -2.13. The fourth-order valence-electron chi connectivity index (χ4n) is 1.82. The molecule has 15 heavy (non-hydrogen) atoms. The van der Waals surface area contributed by atoms with Crippen LogP contribution in [0.1, 0.15) is 30.0 Å². The topological polar surface area (TPSA) is 18.5 Å². The number of halogens is 1. The van der Waals surface area contributed by atoms with E-state index in [-0.39, 0.29) is 11.5 Å². The van der Waals surface area contributed by atoms with Crippen molar-refractivity contribution in [2.45, 2.75) is 37.4 Å². The summed E-state index contributed by atoms with van der Waals surface area (Å²) >= 11 is 7.97. The maximum absolute atomic E-state index is 6.38. The Morgan fingerprint density at radius 2 is 2.33 bits per heavy atom. The van der Waals surface area contributed by atoms with E-state index >= 15 is 0 Å². The molecule has 0 radical (unpaired) electrons. The third-order valence-electron chi connectivity index (χ3n) is 2.67. The molecule has 0 bridgehead atoms. The molecule has 3 unspecified atom stereocenters. The van der Waals surface area contributed by atoms with Gasteiger partial charge in [-0.3, -0.25) is 0 Å². The molecule has 0 amide bonds. The van der Waals surface area contributed by atoms with Crippen molar-refractivity contribution in [1.82, 2.24) is 0 Å². The van der Waals surface area contributed by atoms with Crippen molar-refractivity contribution in [2.24, 2.45) is 0 Å². The van der Waals surface area contributed by atoms with Crippen molar-refractivity contribution < 1.29 is 9.47 Å². The Bertz CT molecular complexity index is 326. The second-order valence-electron chi connectivity index (χ2n) is 3.83. The zero-order valence-electron chi connectivity index (χ0n) is 8.90. The Morgan fingerprint density at radius 1 is 1.53 bits per heavy atom. The third-order valence-corrected chi connectivity index (χ3v) is 4.44. The molecular weight excluding hydrogens is 232 g/mol. The van der Waals surface area contributed by atoms with Crippen molar-refractivity contribution in [3.63, 3.8) is 0 Å². The summed E-state index contributed by atoms with van der Waals surface area (Å²) in [5.41, 5.74) is 0. The lowest BCUT2D eigenvalue weighted by atomic mass is 10.1. The second-order valence-corrected chi connectivity index (χ2v) is 5.37. The van der Waals surface area contributed by atoms with Crippen molar-refractivity contribution in [2.75, 3.05) is 7.11 Å². The molecule has 1 saturated heterocycles. The highest BCUT2D eigenvalue weighted by atomic mass is 35.5. The van der Waals surface area contributed by atoms with E-state index in [0.29, 0.717) is 6.10 Å². The standard InChI is InChI=1S/C11H15ClO2S/c1-7-3-4-8(14-7)11(12)9-5-6-10(13-2)15-9/h5-8,11H,3-4H2,1-2H3. The van der Waals surface area contributed by atoms with E-state index in [1.54, 1.807) is 18.4 Å². The smallest absolute Gasteiger partial charge is 0.173 e. The highest BCUT2D eigenvalue weighted by Crippen LogP contribution is 2.39. The first kappa shape index (κ1) is 11.2. The van der Waals surface area contributed by atoms with E-state index in [2.05, 4.69) is 6.92 Å². The summed E-state index contributed by atoms with van der Waals surface area (Å²) in [6.45, 7) is 2.10. The van der Waals surface area contributed by atoms with Crippen LogP contribution in [0.15, 0.2) is 12.1 Å². The van der Waals surface area contributed by atoms with Crippen LogP contribution in [0, 0.1) is 0 Å². The van der Waals surface area contributed by atoms with Crippen LogP contribution < -0.4 is 4.74 Å². The SMILES string of the molecule is COc1ccc(C(Cl)C2CCC(C)O2)s1. The fraction of sp³-hybridized carbons (Fsp3) is 0.636. The van der Waals surface area contributed by atoms with Gasteiger partial charge in [-0.2, -0.15) is 0 Å². The molecule has 0 aromatic carbocycles. The van der Waals surface area contributed by atoms with Crippen LogP contribution >= 0.6 is 22.9 Å². The largest absolute Gasteiger partial charge is 0.487 e. The van der Waals surface area contributed by atoms with E-state index in [1.807, 2.05) is 12.1 Å². The first-order valence-corrected chi connectivity index (χ1v) is 6.39. The van der Waals surface area contributed by atoms with E-state index in [1.165, 1.54) is 0 Å². The van der Waals surface area contributed by atoms with E-state index in [4.69, 9.17) is 21.1 Å². The quantitative estimate of drug-likeness (QED) is 0.759. The van der Waals surface area contributed by atoms with Gasteiger partial charge >= 0.3 is 0 Å². The number of ether oxygens (including phenoxy) is 2. The van der Waals surface area contributed by atoms with E-state index < -0.39 is 0 Å². The molecule has 1 aliphatic heterocycles. The number of rotatable bonds is 3. The predicted molar refractivity (Wildman–Crippen MR) is 63.0 cm³/mol. The molecule has 0 aliphatic carbocycles. The lowest BCUT2D eigenvalue weighted by molar-refractivity contribution is 0.0538. The first-order valence-electron chi connectivity index (χ1n) is 5.14. The van der Waals surface area contributed by atoms with Gasteiger partial charge in [-0.1, -0.05) is 0 Å². The van der Waals surface area contributed by atoms with Crippen LogP contribution in [0.2, 0.25) is 0 Å². The van der Waals surface area contributed by atoms with Crippen LogP contribution in [-0.4, -0.2) is 19.3 Å². The van der Waals surface area contributed by atoms with E-state index in [9.17, 15) is 0 Å². The summed E-state index contributed by atoms with van der Waals surface area (Å²) in [7, 11) is 1.67. The van der Waals surface area contributed by atoms with Crippen molar-refractivity contribution in [1.29, 1.82) is 0 Å². The minimum absolute atomic E-state index is 0.0381. The maximum Gasteiger partial charge on any atom is 0.173 e. The zero-order chi connectivity index (χ0) is 10.8. The summed E-state index contributed by atoms with van der Waals surface area (Å²) in [6, 6.07) is 3.97. The molecule has 2 rings (SSSR count). The Balaban J connectivity index is 2.03. The number of thiophene rings is 1. The molecule has 2 nitrogen and oxygen atoms in total. The Hall–Kier alpha value is -0.250. The molecule has 0 N–H and O–H groups in total. The van der Waals surface area contributed by atoms with Gasteiger partial charge in [0, 0.05) is 4.88 Å². The maximum atomic E-state index is 6.38. The van der Waals surface area contributed by atoms with Crippen molar-refractivity contribution in [3.05, 3.63) is 17.0 Å². The second kappa shape index (κ2) is 4.73. The summed E-state index contributed by atoms with van der Waals surface area (Å²) in [5.74, 6) is 0. The number of methoxy groups -OCH3 is 1. The normalized spacial score (nSPS) is 27.9. The van der Waals surface area contributed by atoms with Gasteiger partial charge in [0.05, 0.1) is 24.7 Å². The van der Waals surface area contributed by atoms with Gasteiger partial charge in [0.15, 0.2) is 5.06 Å². The van der Waals surface area contributed by atoms with Gasteiger partial charge in [0.1, 0.15) is 0 Å². The number of hydrogen-bond acceptors (Lipinski definition) is 3. The summed E-state index contributed by atoms with van der Waals surface area (Å²) in [4.78, 5) is 1.13. The molecule has 0 spiro atoms. The molecule has 1 aromatic rings. The minimum atomic E-state index is -0.0381. The molecule has 84 valence electrons. The Kier molecular flexibility index (Phi) is 3.54. The Labute approximate surface area is 99.2 Å². The molecule has 1 fully saturated rings. The van der Waals surface area contributed by atoms with Crippen LogP contribution in [0.4, 0.5) is 0 Å². The fourth-order valence-corrected chi connectivity index (χ4v) is 3.07. The summed E-state index contributed by atoms with van der Waals surface area (Å²) in [6.07, 6.45) is 2.66. The van der Waals surface area contributed by atoms with Gasteiger partial charge in [-0.05, 0) is 31.9 Å². The monoisotopic (exact) mass is 246 g/mol. The van der Waals surface area contributed by atoms with Crippen LogP contribution in [0.25, 0.3) is 0 Å². The number of alkyl halides is 1. The number of hydrogen-bond donors (Lipinski definition) is 0. The highest BCUT2D eigenvalue weighted by molar-refractivity contribution is 7.14. The molecule has 2 heterocycles. The van der Waals surface area contributed by atoms with Gasteiger partial charge in [-0.15, -0.1) is 22.9 Å². The van der Waals surface area contributed by atoms with Gasteiger partial charge in [-0.25, -0.2) is 0 Å². The summed E-state index contributed by atoms with van der Waals surface area (Å²) < 4.78 is 10.9. The van der Waals surface area contributed by atoms with Crippen LogP contribution in [0.3, 0.4) is 0 Å². The molecule has 0 saturated carbocycles. The average Bonchev–Trinajstić information content (AvgIpc) is 2.84. The van der Waals surface area contributed by atoms with E-state index in [0.717, 1.165) is 22.8 Å². The minimum Gasteiger partial charge on any atom is -0.487 e. The lowest BCUT2D eigenvalue weighted by Gasteiger charge is -2.15. The molecule has 1 aliphatic rings. The predicted octanol–water partition coefficient (Wildman–Crippen LogP) is 3.60. The molecule has 3 atom stereocenters. The van der Waals surface area contributed by atoms with Crippen LogP contribution in [0.5, 0.6) is 5.06 Å². The molecule has 4 heteroatoms. The highest BCUT2D eigenvalue weighted by Gasteiger charge is 2.30. The van der Waals surface area contributed by atoms with Gasteiger partial charge < -0.3 is 9.47 Å².